The molecule has 0 aliphatic rings. The smallest absolute Gasteiger partial charge is 0.161 e. The van der Waals surface area contributed by atoms with Crippen LogP contribution >= 0.6 is 0 Å². The number of Topliss-reactive ketones (excluding diaryl/α,β-unsaturated/α-hetero) is 1. The van der Waals surface area contributed by atoms with Crippen molar-refractivity contribution in [1.82, 2.24) is 0 Å². The van der Waals surface area contributed by atoms with Crippen LogP contribution < -0.4 is 5.73 Å². The molecule has 0 fully saturated rings. The van der Waals surface area contributed by atoms with E-state index in [2.05, 4.69) is 18.8 Å². The number of aryl methyl sites for hydroxylation is 1. The predicted molar refractivity (Wildman–Crippen MR) is 82.1 cm³/mol. The molecule has 0 aliphatic carbocycles. The number of benzene rings is 1. The van der Waals surface area contributed by atoms with Crippen molar-refractivity contribution < 1.29 is 4.79 Å². The molecule has 0 saturated heterocycles. The lowest BCUT2D eigenvalue weighted by Gasteiger charge is -2.13. The maximum Gasteiger partial charge on any atom is 0.161 e. The fourth-order valence-corrected chi connectivity index (χ4v) is 2.14. The molecule has 3 nitrogen and oxygen atoms in total. The lowest BCUT2D eigenvalue weighted by molar-refractivity contribution is 0.101. The van der Waals surface area contributed by atoms with Gasteiger partial charge in [-0.3, -0.25) is 9.79 Å². The van der Waals surface area contributed by atoms with E-state index in [1.54, 1.807) is 14.0 Å². The number of carbonyl (C=O) groups excluding carboxylic acids is 1. The summed E-state index contributed by atoms with van der Waals surface area (Å²) in [6, 6.07) is 3.75. The molecule has 0 aliphatic heterocycles. The van der Waals surface area contributed by atoms with Crippen molar-refractivity contribution in [2.75, 3.05) is 12.8 Å². The first-order chi connectivity index (χ1) is 8.86. The lowest BCUT2D eigenvalue weighted by atomic mass is 9.94. The second kappa shape index (κ2) is 6.50. The van der Waals surface area contributed by atoms with E-state index in [0.29, 0.717) is 17.2 Å². The van der Waals surface area contributed by atoms with Gasteiger partial charge in [0.05, 0.1) is 0 Å². The van der Waals surface area contributed by atoms with Crippen molar-refractivity contribution in [2.24, 2.45) is 10.9 Å². The predicted octanol–water partition coefficient (Wildman–Crippen LogP) is 3.63. The Kier molecular flexibility index (Phi) is 5.28. The van der Waals surface area contributed by atoms with Crippen LogP contribution in [0.3, 0.4) is 0 Å². The molecule has 0 aromatic heterocycles. The van der Waals surface area contributed by atoms with E-state index >= 15 is 0 Å². The molecule has 0 saturated carbocycles. The normalized spacial score (nSPS) is 12.0. The van der Waals surface area contributed by atoms with Gasteiger partial charge in [0, 0.05) is 24.0 Å². The highest BCUT2D eigenvalue weighted by Crippen LogP contribution is 2.22. The van der Waals surface area contributed by atoms with Gasteiger partial charge in [0.2, 0.25) is 0 Å². The van der Waals surface area contributed by atoms with Crippen LogP contribution in [-0.2, 0) is 0 Å². The van der Waals surface area contributed by atoms with Crippen molar-refractivity contribution in [1.29, 1.82) is 0 Å². The molecule has 0 spiro atoms. The molecule has 19 heavy (non-hydrogen) atoms. The molecule has 0 radical (unpaired) electrons. The van der Waals surface area contributed by atoms with Crippen LogP contribution in [0.25, 0.3) is 0 Å². The average Bonchev–Trinajstić information content (AvgIpc) is 2.31. The second-order valence-electron chi connectivity index (χ2n) is 5.41. The minimum Gasteiger partial charge on any atom is -0.398 e. The molecule has 2 N–H and O–H groups in total. The Morgan fingerprint density at radius 3 is 2.42 bits per heavy atom. The summed E-state index contributed by atoms with van der Waals surface area (Å²) in [7, 11) is 1.80. The fraction of sp³-hybridized carbons (Fsp3) is 0.500. The first-order valence-corrected chi connectivity index (χ1v) is 6.73. The van der Waals surface area contributed by atoms with Gasteiger partial charge in [0.1, 0.15) is 0 Å². The molecular weight excluding hydrogens is 236 g/mol. The highest BCUT2D eigenvalue weighted by atomic mass is 16.1. The van der Waals surface area contributed by atoms with E-state index in [1.807, 2.05) is 19.1 Å². The Bertz CT molecular complexity index is 502. The highest BCUT2D eigenvalue weighted by Gasteiger charge is 2.13. The van der Waals surface area contributed by atoms with E-state index in [-0.39, 0.29) is 5.78 Å². The monoisotopic (exact) mass is 260 g/mol. The summed E-state index contributed by atoms with van der Waals surface area (Å²) in [5.41, 5.74) is 10.2. The largest absolute Gasteiger partial charge is 0.398 e. The Balaban J connectivity index is 3.17. The maximum absolute atomic E-state index is 11.6. The van der Waals surface area contributed by atoms with Crippen LogP contribution in [0.1, 0.15) is 55.1 Å². The van der Waals surface area contributed by atoms with Crippen LogP contribution in [0.15, 0.2) is 17.1 Å². The van der Waals surface area contributed by atoms with E-state index in [4.69, 9.17) is 5.73 Å². The molecule has 1 aromatic rings. The summed E-state index contributed by atoms with van der Waals surface area (Å²) in [5.74, 6) is 0.635. The standard InChI is InChI=1S/C16H24N2O/c1-10(2)6-7-16(18-5)13-9-14(12(4)19)15(17)8-11(13)3/h8-10H,6-7,17H2,1-5H3. The van der Waals surface area contributed by atoms with Gasteiger partial charge in [-0.05, 0) is 55.9 Å². The molecule has 1 rings (SSSR count). The second-order valence-corrected chi connectivity index (χ2v) is 5.41. The van der Waals surface area contributed by atoms with Crippen LogP contribution in [0.2, 0.25) is 0 Å². The van der Waals surface area contributed by atoms with Gasteiger partial charge < -0.3 is 5.73 Å². The summed E-state index contributed by atoms with van der Waals surface area (Å²) in [6.07, 6.45) is 2.02. The van der Waals surface area contributed by atoms with Crippen molar-refractivity contribution in [2.45, 2.75) is 40.5 Å². The summed E-state index contributed by atoms with van der Waals surface area (Å²) in [6.45, 7) is 7.95. The van der Waals surface area contributed by atoms with Crippen molar-refractivity contribution in [3.05, 3.63) is 28.8 Å². The summed E-state index contributed by atoms with van der Waals surface area (Å²) in [4.78, 5) is 16.0. The molecule has 1 aromatic carbocycles. The van der Waals surface area contributed by atoms with Gasteiger partial charge in [-0.1, -0.05) is 13.8 Å². The summed E-state index contributed by atoms with van der Waals surface area (Å²) >= 11 is 0. The van der Waals surface area contributed by atoms with Crippen LogP contribution in [0.4, 0.5) is 5.69 Å². The number of nitrogen functional groups attached to an aromatic ring is 1. The molecule has 0 bridgehead atoms. The SMILES string of the molecule is CN=C(CCC(C)C)c1cc(C(C)=O)c(N)cc1C. The topological polar surface area (TPSA) is 55.5 Å². The number of carbonyl (C=O) groups is 1. The Labute approximate surface area is 115 Å². The van der Waals surface area contributed by atoms with Crippen molar-refractivity contribution >= 4 is 17.2 Å². The van der Waals surface area contributed by atoms with E-state index < -0.39 is 0 Å². The highest BCUT2D eigenvalue weighted by molar-refractivity contribution is 6.06. The van der Waals surface area contributed by atoms with Crippen molar-refractivity contribution in [3.8, 4) is 0 Å². The van der Waals surface area contributed by atoms with Gasteiger partial charge in [0.25, 0.3) is 0 Å². The third kappa shape index (κ3) is 3.91. The van der Waals surface area contributed by atoms with Gasteiger partial charge in [-0.15, -0.1) is 0 Å². The van der Waals surface area contributed by atoms with Crippen LogP contribution in [0, 0.1) is 12.8 Å². The average molecular weight is 260 g/mol. The molecule has 0 heterocycles. The van der Waals surface area contributed by atoms with E-state index in [1.165, 1.54) is 0 Å². The Morgan fingerprint density at radius 1 is 1.32 bits per heavy atom. The maximum atomic E-state index is 11.6. The fourth-order valence-electron chi connectivity index (χ4n) is 2.14. The first-order valence-electron chi connectivity index (χ1n) is 6.73. The van der Waals surface area contributed by atoms with E-state index in [0.717, 1.165) is 29.7 Å². The number of anilines is 1. The Morgan fingerprint density at radius 2 is 1.95 bits per heavy atom. The number of nitrogens with zero attached hydrogens (tertiary/aromatic N) is 1. The first kappa shape index (κ1) is 15.4. The van der Waals surface area contributed by atoms with E-state index in [9.17, 15) is 4.79 Å². The lowest BCUT2D eigenvalue weighted by Crippen LogP contribution is -2.09. The number of nitrogens with two attached hydrogens (primary N) is 1. The van der Waals surface area contributed by atoms with Crippen molar-refractivity contribution in [3.63, 3.8) is 0 Å². The molecule has 104 valence electrons. The number of rotatable bonds is 5. The molecule has 0 unspecified atom stereocenters. The zero-order valence-electron chi connectivity index (χ0n) is 12.6. The van der Waals surface area contributed by atoms with Crippen LogP contribution in [0.5, 0.6) is 0 Å². The number of ketones is 1. The van der Waals surface area contributed by atoms with Gasteiger partial charge in [-0.25, -0.2) is 0 Å². The summed E-state index contributed by atoms with van der Waals surface area (Å²) in [5, 5.41) is 0. The third-order valence-electron chi connectivity index (χ3n) is 3.32. The van der Waals surface area contributed by atoms with Gasteiger partial charge >= 0.3 is 0 Å². The zero-order chi connectivity index (χ0) is 14.6. The molecule has 3 heteroatoms. The third-order valence-corrected chi connectivity index (χ3v) is 3.32. The Hall–Kier alpha value is -1.64. The molecule has 0 atom stereocenters. The van der Waals surface area contributed by atoms with Gasteiger partial charge in [-0.2, -0.15) is 0 Å². The van der Waals surface area contributed by atoms with Gasteiger partial charge in [0.15, 0.2) is 5.78 Å². The quantitative estimate of drug-likeness (QED) is 0.499. The minimum atomic E-state index is -0.00179. The number of hydrogen-bond acceptors (Lipinski definition) is 3. The molecular formula is C16H24N2O. The van der Waals surface area contributed by atoms with Crippen LogP contribution in [-0.4, -0.2) is 18.5 Å². The summed E-state index contributed by atoms with van der Waals surface area (Å²) < 4.78 is 0. The minimum absolute atomic E-state index is 0.00179. The number of hydrogen-bond donors (Lipinski definition) is 1. The number of aliphatic imine (C=N–C) groups is 1. The molecule has 0 amide bonds. The zero-order valence-corrected chi connectivity index (χ0v) is 12.6.